The quantitative estimate of drug-likeness (QED) is 0.0132. The first-order valence-electron chi connectivity index (χ1n) is 35.5. The number of alkyl halides is 1. The smallest absolute Gasteiger partial charge is 1.00 e. The fourth-order valence-electron chi connectivity index (χ4n) is 12.9. The number of rotatable bonds is 34. The van der Waals surface area contributed by atoms with Crippen LogP contribution in [0.2, 0.25) is 0 Å². The summed E-state index contributed by atoms with van der Waals surface area (Å²) >= 11 is 2.15. The third-order valence-corrected chi connectivity index (χ3v) is 20.1. The first-order valence-corrected chi connectivity index (χ1v) is 37.7. The van der Waals surface area contributed by atoms with Gasteiger partial charge in [-0.2, -0.15) is 0 Å². The normalized spacial score (nSPS) is 13.0. The van der Waals surface area contributed by atoms with E-state index < -0.39 is 0 Å². The van der Waals surface area contributed by atoms with Gasteiger partial charge < -0.3 is 76.9 Å². The van der Waals surface area contributed by atoms with Gasteiger partial charge in [0.15, 0.2) is 0 Å². The van der Waals surface area contributed by atoms with E-state index in [9.17, 15) is 0 Å². The number of ether oxygens (including phenoxy) is 3. The standard InChI is InChI=1S/2C28H42NO.C27H41NO.CH3I.18CH4.2ClH.HI.Na/c2*1-7-22(2)24-9-11-25(12-10-24)23(3)21-28(17-18-28)26-13-15-27(16-14-26)30-20-8-19-29(4,5)6;1-7-21(3)24-10-12-25(13-11-24)22(4)20-23(8-2)26-14-16-27(17-15-26)29-19-9-18-28(5)6;1-2;;;;;;;;;;;;;;;;;;;;;;/h2*9-16,22-23H,7-8,17-21H2,1-6H3;10-17,21-23H,7-9,18-20H2,1-6H3;1H3;18*1H4;3*1H;/q2*+1;;;;;;;;;;;;;;;;;;;;;;;;+1/p-3. The zero-order valence-corrected chi connectivity index (χ0v) is 70.9. The molecule has 0 bridgehead atoms. The van der Waals surface area contributed by atoms with Crippen molar-refractivity contribution in [2.24, 2.45) is 0 Å². The molecule has 7 atom stereocenters. The third-order valence-electron chi connectivity index (χ3n) is 20.1. The molecule has 0 spiro atoms. The Hall–Kier alpha value is -2.36. The van der Waals surface area contributed by atoms with Gasteiger partial charge in [0.1, 0.15) is 17.2 Å². The van der Waals surface area contributed by atoms with Crippen molar-refractivity contribution in [1.29, 1.82) is 0 Å². The summed E-state index contributed by atoms with van der Waals surface area (Å²) in [6, 6.07) is 54.8. The van der Waals surface area contributed by atoms with Crippen LogP contribution in [0.25, 0.3) is 0 Å². The molecule has 8 rings (SSSR count). The molecule has 7 unspecified atom stereocenters. The van der Waals surface area contributed by atoms with Gasteiger partial charge in [0.2, 0.25) is 0 Å². The number of quaternary nitrogens is 2. The molecule has 6 aromatic carbocycles. The van der Waals surface area contributed by atoms with Gasteiger partial charge in [-0.3, -0.25) is 0 Å². The number of halogens is 4. The van der Waals surface area contributed by atoms with Crippen molar-refractivity contribution >= 4 is 22.6 Å². The van der Waals surface area contributed by atoms with Crippen molar-refractivity contribution in [2.45, 2.75) is 345 Å². The Morgan fingerprint density at radius 1 is 0.336 bits per heavy atom. The van der Waals surface area contributed by atoms with Crippen molar-refractivity contribution in [1.82, 2.24) is 4.90 Å². The van der Waals surface area contributed by atoms with Crippen molar-refractivity contribution in [3.8, 4) is 17.2 Å². The Labute approximate surface area is 780 Å². The predicted octanol–water partition coefficient (Wildman–Crippen LogP) is 21.5. The Kier molecular flexibility index (Phi) is 107. The summed E-state index contributed by atoms with van der Waals surface area (Å²) in [6.45, 7) is 28.9. The molecule has 2 aliphatic rings. The molecule has 0 N–H and O–H groups in total. The monoisotopic (exact) mass is 1860 g/mol. The van der Waals surface area contributed by atoms with Gasteiger partial charge in [0.05, 0.1) is 75.2 Å². The largest absolute Gasteiger partial charge is 1.00 e. The summed E-state index contributed by atoms with van der Waals surface area (Å²) < 4.78 is 19.8. The van der Waals surface area contributed by atoms with Crippen LogP contribution < -0.4 is 92.6 Å². The molecule has 2 saturated carbocycles. The minimum absolute atomic E-state index is 0. The van der Waals surface area contributed by atoms with Gasteiger partial charge in [-0.25, -0.2) is 0 Å². The first-order chi connectivity index (χ1) is 43.4. The van der Waals surface area contributed by atoms with Gasteiger partial charge in [-0.05, 0) is 235 Å². The molecule has 0 aliphatic heterocycles. The second-order valence-corrected chi connectivity index (χ2v) is 30.0. The molecular formula is C102H200Cl2I2N3NaO3. The van der Waals surface area contributed by atoms with Gasteiger partial charge in [-0.15, -0.1) is 0 Å². The van der Waals surface area contributed by atoms with Gasteiger partial charge in [-0.1, -0.05) is 335 Å². The van der Waals surface area contributed by atoms with E-state index in [0.29, 0.717) is 52.3 Å². The van der Waals surface area contributed by atoms with Crippen LogP contribution in [-0.4, -0.2) is 115 Å². The molecule has 2 fully saturated rings. The molecule has 113 heavy (non-hydrogen) atoms. The maximum Gasteiger partial charge on any atom is 1.00 e. The molecule has 6 nitrogen and oxygen atoms in total. The van der Waals surface area contributed by atoms with Crippen LogP contribution in [0.3, 0.4) is 0 Å². The number of nitrogens with zero attached hydrogens (tertiary/aromatic N) is 3. The van der Waals surface area contributed by atoms with Crippen molar-refractivity contribution < 1.29 is 102 Å². The molecular weight excluding hydrogens is 1660 g/mol. The van der Waals surface area contributed by atoms with Gasteiger partial charge in [0.25, 0.3) is 0 Å². The summed E-state index contributed by atoms with van der Waals surface area (Å²) in [5.41, 5.74) is 13.9. The van der Waals surface area contributed by atoms with Crippen LogP contribution >= 0.6 is 22.6 Å². The summed E-state index contributed by atoms with van der Waals surface area (Å²) in [4.78, 5) is 4.16. The van der Waals surface area contributed by atoms with Crippen LogP contribution in [-0.2, 0) is 10.8 Å². The maximum absolute atomic E-state index is 5.97. The van der Waals surface area contributed by atoms with Crippen LogP contribution in [0.4, 0.5) is 0 Å². The molecule has 0 amide bonds. The molecule has 0 saturated heterocycles. The number of hydrogen-bond donors (Lipinski definition) is 0. The molecule has 0 aromatic heterocycles. The van der Waals surface area contributed by atoms with Crippen LogP contribution in [0.5, 0.6) is 17.2 Å². The second-order valence-electron chi connectivity index (χ2n) is 30.0. The van der Waals surface area contributed by atoms with Crippen molar-refractivity contribution in [3.05, 3.63) is 196 Å². The zero-order chi connectivity index (χ0) is 66.8. The average Bonchev–Trinajstić information content (AvgIpc) is 1.62. The third kappa shape index (κ3) is 54.5. The first kappa shape index (κ1) is 155. The summed E-state index contributed by atoms with van der Waals surface area (Å²) in [7, 11) is 17.6. The van der Waals surface area contributed by atoms with Gasteiger partial charge >= 0.3 is 29.6 Å². The Morgan fingerprint density at radius 3 is 0.779 bits per heavy atom. The molecule has 2 aliphatic carbocycles. The topological polar surface area (TPSA) is 30.9 Å². The van der Waals surface area contributed by atoms with Crippen LogP contribution in [0.1, 0.15) is 384 Å². The van der Waals surface area contributed by atoms with E-state index in [-0.39, 0.29) is 212 Å². The van der Waals surface area contributed by atoms with Crippen molar-refractivity contribution in [2.75, 3.05) is 101 Å². The summed E-state index contributed by atoms with van der Waals surface area (Å²) in [5, 5.41) is 0. The molecule has 11 heteroatoms. The van der Waals surface area contributed by atoms with Crippen LogP contribution in [0.15, 0.2) is 146 Å². The molecule has 0 heterocycles. The van der Waals surface area contributed by atoms with E-state index in [1.54, 1.807) is 0 Å². The van der Waals surface area contributed by atoms with Crippen LogP contribution in [0, 0.1) is 0 Å². The Balaban J connectivity index is -0.0000000675. The Bertz CT molecular complexity index is 2790. The van der Waals surface area contributed by atoms with Crippen molar-refractivity contribution in [3.63, 3.8) is 0 Å². The van der Waals surface area contributed by atoms with E-state index in [4.69, 9.17) is 14.2 Å². The van der Waals surface area contributed by atoms with Gasteiger partial charge in [0, 0.05) is 19.4 Å². The summed E-state index contributed by atoms with van der Waals surface area (Å²) in [6.07, 6.45) is 16.9. The van der Waals surface area contributed by atoms with E-state index >= 15 is 0 Å². The zero-order valence-electron chi connectivity index (χ0n) is 63.1. The Morgan fingerprint density at radius 2 is 0.558 bits per heavy atom. The minimum atomic E-state index is 0. The van der Waals surface area contributed by atoms with E-state index in [2.05, 4.69) is 299 Å². The maximum atomic E-state index is 5.97. The summed E-state index contributed by atoms with van der Waals surface area (Å²) in [5.74, 6) is 7.26. The van der Waals surface area contributed by atoms with E-state index in [1.807, 2.05) is 4.93 Å². The fourth-order valence-corrected chi connectivity index (χ4v) is 12.9. The number of hydrogen-bond acceptors (Lipinski definition) is 4. The van der Waals surface area contributed by atoms with E-state index in [0.717, 1.165) is 84.9 Å². The van der Waals surface area contributed by atoms with E-state index in [1.165, 1.54) is 121 Å². The fraction of sp³-hybridized carbons (Fsp3) is 0.647. The molecule has 0 radical (unpaired) electrons. The SMILES string of the molecule is C.C.C.C.C.C.C.C.C.C.C.C.C.C.C.C.C.C.CCC(C)c1ccc(C(C)CC(CC)c2ccc(OCCCN(C)C)cc2)cc1.CCC(C)c1ccc(C(C)CC2(c3ccc(OCCC[N+](C)(C)C)cc3)CC2)cc1.CCC(C)c1ccc(C(C)CC2(c3ccc(OCCC[N+](C)(C)C)cc3)CC2)cc1.CI.[Cl-].[Cl-].[I-].[Na+]. The minimum Gasteiger partial charge on any atom is -1.00 e. The number of benzene rings is 6. The second kappa shape index (κ2) is 78.2. The molecule has 6 aromatic rings. The average molecular weight is 1860 g/mol. The predicted molar refractivity (Wildman–Crippen MR) is 525 cm³/mol. The molecule has 670 valence electrons.